The maximum absolute atomic E-state index is 6.09. The molecule has 5 heteroatoms. The molecule has 0 fully saturated rings. The highest BCUT2D eigenvalue weighted by Crippen LogP contribution is 2.33. The minimum Gasteiger partial charge on any atom is -0.492 e. The Balaban J connectivity index is 1.67. The first-order valence-corrected chi connectivity index (χ1v) is 10.8. The first-order valence-electron chi connectivity index (χ1n) is 10.8. The van der Waals surface area contributed by atoms with Crippen LogP contribution < -0.4 is 9.47 Å². The summed E-state index contributed by atoms with van der Waals surface area (Å²) in [6, 6.07) is 12.2. The maximum Gasteiger partial charge on any atom is 0.139 e. The number of hydrogen-bond acceptors (Lipinski definition) is 5. The fourth-order valence-electron chi connectivity index (χ4n) is 3.58. The average molecular weight is 399 g/mol. The lowest BCUT2D eigenvalue weighted by Gasteiger charge is -2.17. The first-order chi connectivity index (χ1) is 14.2. The van der Waals surface area contributed by atoms with Crippen LogP contribution in [0.15, 0.2) is 40.8 Å². The summed E-state index contributed by atoms with van der Waals surface area (Å²) in [4.78, 5) is 4.70. The maximum atomic E-state index is 6.09. The molecular formula is C24H34N2O3. The van der Waals surface area contributed by atoms with Crippen molar-refractivity contribution in [2.24, 2.45) is 0 Å². The molecule has 0 bridgehead atoms. The topological polar surface area (TPSA) is 38.1 Å². The number of rotatable bonds is 12. The van der Waals surface area contributed by atoms with Gasteiger partial charge in [-0.3, -0.25) is 0 Å². The van der Waals surface area contributed by atoms with Crippen molar-refractivity contribution in [1.82, 2.24) is 9.80 Å². The summed E-state index contributed by atoms with van der Waals surface area (Å²) in [5.74, 6) is 1.69. The number of furan rings is 1. The molecule has 5 nitrogen and oxygen atoms in total. The Labute approximate surface area is 174 Å². The zero-order valence-electron chi connectivity index (χ0n) is 18.2. The van der Waals surface area contributed by atoms with Gasteiger partial charge in [0.15, 0.2) is 0 Å². The fourth-order valence-corrected chi connectivity index (χ4v) is 3.58. The summed E-state index contributed by atoms with van der Waals surface area (Å²) < 4.78 is 18.0. The number of fused-ring (bicyclic) bond motifs is 3. The molecule has 0 aliphatic heterocycles. The van der Waals surface area contributed by atoms with Crippen LogP contribution in [0.25, 0.3) is 21.9 Å². The second-order valence-corrected chi connectivity index (χ2v) is 7.17. The van der Waals surface area contributed by atoms with E-state index < -0.39 is 0 Å². The molecule has 0 amide bonds. The van der Waals surface area contributed by atoms with Crippen molar-refractivity contribution in [3.05, 3.63) is 36.4 Å². The zero-order chi connectivity index (χ0) is 20.6. The van der Waals surface area contributed by atoms with Crippen LogP contribution in [0.1, 0.15) is 27.7 Å². The van der Waals surface area contributed by atoms with Crippen LogP contribution in [0.3, 0.4) is 0 Å². The van der Waals surface area contributed by atoms with Gasteiger partial charge in [0.05, 0.1) is 0 Å². The lowest BCUT2D eigenvalue weighted by atomic mass is 10.1. The van der Waals surface area contributed by atoms with Crippen molar-refractivity contribution < 1.29 is 13.9 Å². The number of nitrogens with zero attached hydrogens (tertiary/aromatic N) is 2. The van der Waals surface area contributed by atoms with Crippen LogP contribution in [0.2, 0.25) is 0 Å². The molecule has 0 radical (unpaired) electrons. The SMILES string of the molecule is CCN(CC)CCOc1ccc2c(c1)oc1cc(OCCN(CC)CC)ccc12. The highest BCUT2D eigenvalue weighted by molar-refractivity contribution is 6.05. The van der Waals surface area contributed by atoms with E-state index in [0.29, 0.717) is 13.2 Å². The molecule has 0 unspecified atom stereocenters. The van der Waals surface area contributed by atoms with Crippen LogP contribution >= 0.6 is 0 Å². The largest absolute Gasteiger partial charge is 0.492 e. The van der Waals surface area contributed by atoms with Gasteiger partial charge in [-0.1, -0.05) is 27.7 Å². The van der Waals surface area contributed by atoms with Gasteiger partial charge in [-0.25, -0.2) is 0 Å². The van der Waals surface area contributed by atoms with Crippen molar-refractivity contribution in [1.29, 1.82) is 0 Å². The van der Waals surface area contributed by atoms with Gasteiger partial charge in [0.25, 0.3) is 0 Å². The van der Waals surface area contributed by atoms with Crippen molar-refractivity contribution >= 4 is 21.9 Å². The molecule has 0 atom stereocenters. The number of likely N-dealkylation sites (N-methyl/N-ethyl adjacent to an activating group) is 2. The van der Waals surface area contributed by atoms with Crippen LogP contribution in [0.5, 0.6) is 11.5 Å². The second-order valence-electron chi connectivity index (χ2n) is 7.17. The Bertz CT molecular complexity index is 825. The Hall–Kier alpha value is -2.24. The van der Waals surface area contributed by atoms with E-state index in [1.165, 1.54) is 0 Å². The second kappa shape index (κ2) is 10.5. The molecule has 1 heterocycles. The predicted octanol–water partition coefficient (Wildman–Crippen LogP) is 5.03. The van der Waals surface area contributed by atoms with Crippen molar-refractivity contribution in [2.75, 3.05) is 52.5 Å². The Morgan fingerprint density at radius 2 is 1.07 bits per heavy atom. The van der Waals surface area contributed by atoms with Crippen LogP contribution in [-0.4, -0.2) is 62.3 Å². The minimum atomic E-state index is 0.679. The molecule has 0 aliphatic rings. The number of ether oxygens (including phenoxy) is 2. The number of benzene rings is 2. The van der Waals surface area contributed by atoms with Crippen molar-refractivity contribution in [3.8, 4) is 11.5 Å². The molecule has 158 valence electrons. The van der Waals surface area contributed by atoms with Gasteiger partial charge < -0.3 is 23.7 Å². The monoisotopic (exact) mass is 398 g/mol. The normalized spacial score (nSPS) is 11.8. The molecule has 29 heavy (non-hydrogen) atoms. The lowest BCUT2D eigenvalue weighted by Crippen LogP contribution is -2.27. The van der Waals surface area contributed by atoms with E-state index in [1.54, 1.807) is 0 Å². The highest BCUT2D eigenvalue weighted by Gasteiger charge is 2.10. The molecule has 0 saturated carbocycles. The average Bonchev–Trinajstić information content (AvgIpc) is 3.11. The Morgan fingerprint density at radius 3 is 1.45 bits per heavy atom. The number of hydrogen-bond donors (Lipinski definition) is 0. The van der Waals surface area contributed by atoms with Crippen LogP contribution in [0, 0.1) is 0 Å². The zero-order valence-corrected chi connectivity index (χ0v) is 18.2. The fraction of sp³-hybridized carbons (Fsp3) is 0.500. The smallest absolute Gasteiger partial charge is 0.139 e. The summed E-state index contributed by atoms with van der Waals surface area (Å²) in [6.45, 7) is 16.1. The molecule has 0 N–H and O–H groups in total. The predicted molar refractivity (Wildman–Crippen MR) is 120 cm³/mol. The van der Waals surface area contributed by atoms with Gasteiger partial charge in [0.2, 0.25) is 0 Å². The third-order valence-electron chi connectivity index (χ3n) is 5.56. The summed E-state index contributed by atoms with van der Waals surface area (Å²) in [7, 11) is 0. The lowest BCUT2D eigenvalue weighted by molar-refractivity contribution is 0.223. The van der Waals surface area contributed by atoms with Gasteiger partial charge >= 0.3 is 0 Å². The van der Waals surface area contributed by atoms with E-state index in [-0.39, 0.29) is 0 Å². The van der Waals surface area contributed by atoms with Crippen LogP contribution in [-0.2, 0) is 0 Å². The van der Waals surface area contributed by atoms with Gasteiger partial charge in [0.1, 0.15) is 35.9 Å². The summed E-state index contributed by atoms with van der Waals surface area (Å²) in [5, 5.41) is 2.21. The Morgan fingerprint density at radius 1 is 0.655 bits per heavy atom. The summed E-state index contributed by atoms with van der Waals surface area (Å²) in [5.41, 5.74) is 1.70. The molecule has 3 rings (SSSR count). The third kappa shape index (κ3) is 5.43. The van der Waals surface area contributed by atoms with E-state index in [4.69, 9.17) is 13.9 Å². The molecule has 1 aromatic heterocycles. The van der Waals surface area contributed by atoms with Gasteiger partial charge in [0, 0.05) is 36.0 Å². The van der Waals surface area contributed by atoms with E-state index in [9.17, 15) is 0 Å². The van der Waals surface area contributed by atoms with E-state index in [2.05, 4.69) is 49.6 Å². The highest BCUT2D eigenvalue weighted by atomic mass is 16.5. The standard InChI is InChI=1S/C24H34N2O3/c1-5-25(6-2)13-15-27-19-9-11-21-22-12-10-20(18-24(22)29-23(21)17-19)28-16-14-26(7-3)8-4/h9-12,17-18H,5-8,13-16H2,1-4H3. The molecule has 0 saturated heterocycles. The molecular weight excluding hydrogens is 364 g/mol. The van der Waals surface area contributed by atoms with E-state index >= 15 is 0 Å². The molecule has 2 aromatic carbocycles. The Kier molecular flexibility index (Phi) is 7.78. The minimum absolute atomic E-state index is 0.679. The summed E-state index contributed by atoms with van der Waals surface area (Å²) in [6.07, 6.45) is 0. The molecule has 0 spiro atoms. The van der Waals surface area contributed by atoms with Gasteiger partial charge in [-0.05, 0) is 50.4 Å². The van der Waals surface area contributed by atoms with Crippen molar-refractivity contribution in [3.63, 3.8) is 0 Å². The first kappa shape index (κ1) is 21.5. The van der Waals surface area contributed by atoms with E-state index in [0.717, 1.165) is 72.7 Å². The van der Waals surface area contributed by atoms with E-state index in [1.807, 2.05) is 24.3 Å². The van der Waals surface area contributed by atoms with Gasteiger partial charge in [-0.15, -0.1) is 0 Å². The van der Waals surface area contributed by atoms with Gasteiger partial charge in [-0.2, -0.15) is 0 Å². The summed E-state index contributed by atoms with van der Waals surface area (Å²) >= 11 is 0. The quantitative estimate of drug-likeness (QED) is 0.428. The van der Waals surface area contributed by atoms with Crippen LogP contribution in [0.4, 0.5) is 0 Å². The molecule has 3 aromatic rings. The third-order valence-corrected chi connectivity index (χ3v) is 5.56. The van der Waals surface area contributed by atoms with Crippen molar-refractivity contribution in [2.45, 2.75) is 27.7 Å². The molecule has 0 aliphatic carbocycles.